The summed E-state index contributed by atoms with van der Waals surface area (Å²) in [5.41, 5.74) is 14.0. The van der Waals surface area contributed by atoms with Crippen molar-refractivity contribution < 1.29 is 61.5 Å². The van der Waals surface area contributed by atoms with Crippen LogP contribution in [0, 0.1) is 0 Å². The average molecular weight is 873 g/mol. The third kappa shape index (κ3) is 8.57. The van der Waals surface area contributed by atoms with Crippen molar-refractivity contribution in [2.24, 2.45) is 20.4 Å². The summed E-state index contributed by atoms with van der Waals surface area (Å²) in [5, 5.41) is 15.8. The zero-order chi connectivity index (χ0) is 42.5. The second-order valence-corrected chi connectivity index (χ2v) is 17.6. The van der Waals surface area contributed by atoms with Gasteiger partial charge in [0, 0.05) is 11.4 Å². The number of benzene rings is 4. The van der Waals surface area contributed by atoms with Crippen LogP contribution in [0.2, 0.25) is 0 Å². The SMILES string of the molecule is Nc1cc(S(=O)(=O)O)cc2c1C(=O)/C(=N/Nc1ccc(N=Nc3ccc(N/N=C4/C(=O)c5c(N)cc(S(=O)(=O)O)cc5C=C4S(=O)(=O)O)cc3)cc1)C(S(=O)(=O)O)=C2. The van der Waals surface area contributed by atoms with E-state index < -0.39 is 94.4 Å². The highest BCUT2D eigenvalue weighted by molar-refractivity contribution is 7.91. The predicted molar refractivity (Wildman–Crippen MR) is 208 cm³/mol. The van der Waals surface area contributed by atoms with Gasteiger partial charge in [-0.1, -0.05) is 0 Å². The van der Waals surface area contributed by atoms with Crippen molar-refractivity contribution in [1.29, 1.82) is 0 Å². The Morgan fingerprint density at radius 3 is 1.10 bits per heavy atom. The fraction of sp³-hybridized carbons (Fsp3) is 0. The van der Waals surface area contributed by atoms with Crippen LogP contribution in [-0.2, 0) is 40.5 Å². The molecule has 2 aliphatic carbocycles. The first kappa shape index (κ1) is 41.1. The minimum atomic E-state index is -5.09. The van der Waals surface area contributed by atoms with E-state index in [1.807, 2.05) is 0 Å². The van der Waals surface area contributed by atoms with Gasteiger partial charge in [-0.2, -0.15) is 54.1 Å². The number of nitrogens with zero attached hydrogens (tertiary/aromatic N) is 4. The number of nitrogen functional groups attached to an aromatic ring is 2. The minimum absolute atomic E-state index is 0.212. The molecule has 0 heterocycles. The molecule has 0 aromatic heterocycles. The van der Waals surface area contributed by atoms with Crippen molar-refractivity contribution in [3.63, 3.8) is 0 Å². The van der Waals surface area contributed by atoms with Crippen molar-refractivity contribution in [2.75, 3.05) is 22.3 Å². The molecule has 300 valence electrons. The Hall–Kier alpha value is -6.52. The third-order valence-electron chi connectivity index (χ3n) is 8.03. The van der Waals surface area contributed by atoms with E-state index in [-0.39, 0.29) is 33.6 Å². The summed E-state index contributed by atoms with van der Waals surface area (Å²) in [5.74, 6) is -2.15. The van der Waals surface area contributed by atoms with Gasteiger partial charge in [0.1, 0.15) is 9.81 Å². The molecule has 0 fully saturated rings. The van der Waals surface area contributed by atoms with E-state index in [0.29, 0.717) is 11.4 Å². The molecule has 0 unspecified atom stereocenters. The largest absolute Gasteiger partial charge is 0.398 e. The predicted octanol–water partition coefficient (Wildman–Crippen LogP) is 3.55. The number of nitrogens with two attached hydrogens (primary N) is 2. The smallest absolute Gasteiger partial charge is 0.296 e. The van der Waals surface area contributed by atoms with Gasteiger partial charge in [-0.05, 0) is 96.1 Å². The van der Waals surface area contributed by atoms with E-state index in [2.05, 4.69) is 31.3 Å². The first-order chi connectivity index (χ1) is 26.9. The highest BCUT2D eigenvalue weighted by atomic mass is 32.2. The fourth-order valence-corrected chi connectivity index (χ4v) is 7.84. The molecule has 22 nitrogen and oxygen atoms in total. The monoisotopic (exact) mass is 872 g/mol. The molecule has 0 aliphatic heterocycles. The van der Waals surface area contributed by atoms with Gasteiger partial charge in [-0.15, -0.1) is 0 Å². The van der Waals surface area contributed by atoms with E-state index in [1.54, 1.807) is 0 Å². The number of rotatable bonds is 10. The van der Waals surface area contributed by atoms with E-state index in [1.165, 1.54) is 48.5 Å². The van der Waals surface area contributed by atoms with Gasteiger partial charge >= 0.3 is 0 Å². The maximum atomic E-state index is 13.2. The van der Waals surface area contributed by atoms with Crippen molar-refractivity contribution in [3.05, 3.63) is 105 Å². The number of carbonyl (C=O) groups excluding carboxylic acids is 2. The summed E-state index contributed by atoms with van der Waals surface area (Å²) in [6.07, 6.45) is 1.55. The molecule has 4 aromatic rings. The van der Waals surface area contributed by atoms with Crippen LogP contribution in [0.3, 0.4) is 0 Å². The second kappa shape index (κ2) is 14.8. The number of Topliss-reactive ketones (excluding diaryl/α,β-unsaturated/α-hetero) is 2. The van der Waals surface area contributed by atoms with Crippen LogP contribution < -0.4 is 22.3 Å². The number of azo groups is 1. The van der Waals surface area contributed by atoms with Gasteiger partial charge in [-0.3, -0.25) is 38.7 Å². The minimum Gasteiger partial charge on any atom is -0.398 e. The molecule has 4 aromatic carbocycles. The Kier molecular flexibility index (Phi) is 10.5. The molecule has 10 N–H and O–H groups in total. The van der Waals surface area contributed by atoms with Gasteiger partial charge < -0.3 is 11.5 Å². The number of hydrogen-bond donors (Lipinski definition) is 8. The quantitative estimate of drug-likeness (QED) is 0.0489. The Morgan fingerprint density at radius 2 is 0.810 bits per heavy atom. The molecule has 0 atom stereocenters. The van der Waals surface area contributed by atoms with Crippen LogP contribution in [0.25, 0.3) is 12.2 Å². The lowest BCUT2D eigenvalue weighted by Gasteiger charge is -2.18. The van der Waals surface area contributed by atoms with Crippen LogP contribution in [0.5, 0.6) is 0 Å². The molecule has 26 heteroatoms. The van der Waals surface area contributed by atoms with Crippen molar-refractivity contribution in [1.82, 2.24) is 0 Å². The van der Waals surface area contributed by atoms with E-state index in [0.717, 1.165) is 36.4 Å². The van der Waals surface area contributed by atoms with Crippen LogP contribution in [0.4, 0.5) is 34.1 Å². The molecule has 0 amide bonds. The molecule has 0 bridgehead atoms. The highest BCUT2D eigenvalue weighted by Gasteiger charge is 2.36. The van der Waals surface area contributed by atoms with Crippen LogP contribution >= 0.6 is 0 Å². The first-order valence-electron chi connectivity index (χ1n) is 15.5. The van der Waals surface area contributed by atoms with Gasteiger partial charge in [0.25, 0.3) is 40.5 Å². The molecular weight excluding hydrogens is 849 g/mol. The van der Waals surface area contributed by atoms with E-state index in [4.69, 9.17) is 11.5 Å². The Morgan fingerprint density at radius 1 is 0.483 bits per heavy atom. The first-order valence-corrected chi connectivity index (χ1v) is 21.3. The maximum Gasteiger partial charge on any atom is 0.296 e. The number of allylic oxidation sites excluding steroid dienone is 2. The average Bonchev–Trinajstić information content (AvgIpc) is 3.12. The zero-order valence-corrected chi connectivity index (χ0v) is 31.8. The van der Waals surface area contributed by atoms with E-state index in [9.17, 15) is 61.5 Å². The van der Waals surface area contributed by atoms with Crippen LogP contribution in [0.15, 0.2) is 113 Å². The summed E-state index contributed by atoms with van der Waals surface area (Å²) in [6, 6.07) is 14.8. The lowest BCUT2D eigenvalue weighted by Crippen LogP contribution is -2.28. The number of hydrogen-bond acceptors (Lipinski definition) is 18. The molecule has 0 spiro atoms. The van der Waals surface area contributed by atoms with Gasteiger partial charge in [-0.25, -0.2) is 0 Å². The molecular formula is C32H24N8O14S4. The molecule has 6 rings (SSSR count). The Balaban J connectivity index is 1.16. The van der Waals surface area contributed by atoms with Gasteiger partial charge in [0.15, 0.2) is 11.4 Å². The van der Waals surface area contributed by atoms with Crippen LogP contribution in [0.1, 0.15) is 31.8 Å². The Bertz CT molecular complexity index is 2880. The summed E-state index contributed by atoms with van der Waals surface area (Å²) in [7, 11) is -19.8. The van der Waals surface area contributed by atoms with Crippen molar-refractivity contribution >= 4 is 110 Å². The molecule has 0 saturated heterocycles. The number of fused-ring (bicyclic) bond motifs is 2. The summed E-state index contributed by atoms with van der Waals surface area (Å²) < 4.78 is 133. The summed E-state index contributed by atoms with van der Waals surface area (Å²) in [6.45, 7) is 0. The summed E-state index contributed by atoms with van der Waals surface area (Å²) in [4.78, 5) is 23.1. The lowest BCUT2D eigenvalue weighted by molar-refractivity contribution is 0.105. The van der Waals surface area contributed by atoms with Crippen molar-refractivity contribution in [3.8, 4) is 0 Å². The lowest BCUT2D eigenvalue weighted by atomic mass is 9.93. The molecule has 2 aliphatic rings. The normalized spacial score (nSPS) is 16.2. The standard InChI is InChI=1S/C32H24N8O14S4/c33-23-13-21(55(43,44)45)9-15-11-25(57(49,50)51)29(31(41)27(15)23)39-37-19-5-1-17(2-6-19)35-36-18-3-7-20(8-4-18)38-40-30-26(58(52,53)54)12-16-10-22(56(46,47)48)14-24(34)28(16)32(30)42/h1-14,37-38H,33-34H2,(H,43,44,45)(H,46,47,48)(H,49,50,51)(H,52,53,54)/b36-35?,39-29+,40-30+. The van der Waals surface area contributed by atoms with Crippen molar-refractivity contribution in [2.45, 2.75) is 9.79 Å². The molecule has 58 heavy (non-hydrogen) atoms. The van der Waals surface area contributed by atoms with Gasteiger partial charge in [0.2, 0.25) is 11.6 Å². The number of anilines is 4. The number of nitrogens with one attached hydrogen (secondary N) is 2. The van der Waals surface area contributed by atoms with Gasteiger partial charge in [0.05, 0.1) is 43.7 Å². The highest BCUT2D eigenvalue weighted by Crippen LogP contribution is 2.34. The number of carbonyl (C=O) groups is 2. The van der Waals surface area contributed by atoms with Crippen LogP contribution in [-0.4, -0.2) is 74.9 Å². The summed E-state index contributed by atoms with van der Waals surface area (Å²) >= 11 is 0. The zero-order valence-electron chi connectivity index (χ0n) is 28.5. The molecule has 0 saturated carbocycles. The topological polar surface area (TPSA) is 377 Å². The molecule has 0 radical (unpaired) electrons. The fourth-order valence-electron chi connectivity index (χ4n) is 5.41. The van der Waals surface area contributed by atoms with E-state index >= 15 is 0 Å². The Labute approximate surface area is 327 Å². The second-order valence-electron chi connectivity index (χ2n) is 12.0. The number of ketones is 2. The number of hydrazone groups is 2. The third-order valence-corrected chi connectivity index (χ3v) is 11.4. The maximum absolute atomic E-state index is 13.2.